The van der Waals surface area contributed by atoms with Crippen molar-refractivity contribution in [2.45, 2.75) is 19.6 Å². The van der Waals surface area contributed by atoms with Gasteiger partial charge in [-0.1, -0.05) is 12.0 Å². The predicted octanol–water partition coefficient (Wildman–Crippen LogP) is 1.70. The molecule has 0 radical (unpaired) electrons. The molecule has 1 rings (SSSR count). The van der Waals surface area contributed by atoms with Gasteiger partial charge in [0.25, 0.3) is 0 Å². The highest BCUT2D eigenvalue weighted by atomic mass is 16.7. The van der Waals surface area contributed by atoms with Crippen LogP contribution in [0.2, 0.25) is 0 Å². The van der Waals surface area contributed by atoms with E-state index >= 15 is 0 Å². The number of ether oxygens (including phenoxy) is 2. The van der Waals surface area contributed by atoms with Gasteiger partial charge in [0, 0.05) is 17.4 Å². The second-order valence-corrected chi connectivity index (χ2v) is 2.83. The maximum absolute atomic E-state index is 8.04. The molecule has 0 aromatic carbocycles. The van der Waals surface area contributed by atoms with Gasteiger partial charge in [-0.2, -0.15) is 0 Å². The molecular formula is C7H13N3O2. The Kier molecular flexibility index (Phi) is 3.87. The molecule has 0 amide bonds. The van der Waals surface area contributed by atoms with Gasteiger partial charge in [-0.15, -0.1) is 0 Å². The van der Waals surface area contributed by atoms with E-state index in [2.05, 4.69) is 10.0 Å². The maximum Gasteiger partial charge on any atom is 0.160 e. The molecule has 0 saturated carbocycles. The van der Waals surface area contributed by atoms with Crippen molar-refractivity contribution in [1.82, 2.24) is 0 Å². The molecule has 0 aromatic heterocycles. The van der Waals surface area contributed by atoms with Crippen molar-refractivity contribution in [3.8, 4) is 0 Å². The van der Waals surface area contributed by atoms with Crippen molar-refractivity contribution < 1.29 is 9.47 Å². The van der Waals surface area contributed by atoms with Crippen molar-refractivity contribution in [3.63, 3.8) is 0 Å². The van der Waals surface area contributed by atoms with Crippen LogP contribution in [-0.2, 0) is 9.47 Å². The van der Waals surface area contributed by atoms with Gasteiger partial charge in [0.1, 0.15) is 0 Å². The van der Waals surface area contributed by atoms with Crippen molar-refractivity contribution in [2.75, 3.05) is 19.8 Å². The Bertz CT molecular complexity index is 173. The van der Waals surface area contributed by atoms with Crippen LogP contribution < -0.4 is 0 Å². The van der Waals surface area contributed by atoms with Crippen molar-refractivity contribution in [1.29, 1.82) is 0 Å². The molecule has 5 heteroatoms. The Morgan fingerprint density at radius 1 is 1.58 bits per heavy atom. The summed E-state index contributed by atoms with van der Waals surface area (Å²) in [6.45, 7) is 3.90. The Morgan fingerprint density at radius 2 is 2.25 bits per heavy atom. The number of nitrogens with zero attached hydrogens (tertiary/aromatic N) is 3. The molecule has 1 heterocycles. The molecule has 5 nitrogen and oxygen atoms in total. The van der Waals surface area contributed by atoms with E-state index in [4.69, 9.17) is 15.0 Å². The minimum absolute atomic E-state index is 0.0982. The average molecular weight is 171 g/mol. The summed E-state index contributed by atoms with van der Waals surface area (Å²) >= 11 is 0. The third kappa shape index (κ3) is 2.70. The lowest BCUT2D eigenvalue weighted by atomic mass is 10.1. The molecule has 12 heavy (non-hydrogen) atoms. The van der Waals surface area contributed by atoms with Gasteiger partial charge in [0.15, 0.2) is 6.29 Å². The SMILES string of the molecule is CC(CCN=[N+]=[N-])C1OCCO1. The first kappa shape index (κ1) is 9.32. The first-order valence-electron chi connectivity index (χ1n) is 4.08. The van der Waals surface area contributed by atoms with Crippen LogP contribution in [0.3, 0.4) is 0 Å². The van der Waals surface area contributed by atoms with Crippen LogP contribution in [0, 0.1) is 5.92 Å². The summed E-state index contributed by atoms with van der Waals surface area (Å²) in [5, 5.41) is 3.45. The van der Waals surface area contributed by atoms with E-state index in [1.165, 1.54) is 0 Å². The highest BCUT2D eigenvalue weighted by molar-refractivity contribution is 4.63. The molecule has 1 saturated heterocycles. The zero-order valence-electron chi connectivity index (χ0n) is 7.14. The smallest absolute Gasteiger partial charge is 0.160 e. The highest BCUT2D eigenvalue weighted by Gasteiger charge is 2.22. The molecule has 0 aliphatic carbocycles. The summed E-state index contributed by atoms with van der Waals surface area (Å²) < 4.78 is 10.6. The molecule has 0 spiro atoms. The fourth-order valence-corrected chi connectivity index (χ4v) is 1.15. The van der Waals surface area contributed by atoms with Gasteiger partial charge < -0.3 is 9.47 Å². The lowest BCUT2D eigenvalue weighted by molar-refractivity contribution is -0.0795. The molecule has 68 valence electrons. The van der Waals surface area contributed by atoms with Crippen LogP contribution in [0.25, 0.3) is 10.4 Å². The van der Waals surface area contributed by atoms with Gasteiger partial charge in [-0.3, -0.25) is 0 Å². The lowest BCUT2D eigenvalue weighted by Crippen LogP contribution is -2.19. The van der Waals surface area contributed by atoms with Crippen LogP contribution in [0.15, 0.2) is 5.11 Å². The molecule has 1 fully saturated rings. The quantitative estimate of drug-likeness (QED) is 0.367. The third-order valence-electron chi connectivity index (χ3n) is 1.86. The largest absolute Gasteiger partial charge is 0.350 e. The number of azide groups is 1. The Morgan fingerprint density at radius 3 is 2.83 bits per heavy atom. The van der Waals surface area contributed by atoms with E-state index in [9.17, 15) is 0 Å². The van der Waals surface area contributed by atoms with E-state index in [0.717, 1.165) is 6.42 Å². The summed E-state index contributed by atoms with van der Waals surface area (Å²) in [5.41, 5.74) is 8.04. The number of hydrogen-bond donors (Lipinski definition) is 0. The van der Waals surface area contributed by atoms with Crippen LogP contribution in [0.4, 0.5) is 0 Å². The van der Waals surface area contributed by atoms with Gasteiger partial charge in [-0.25, -0.2) is 0 Å². The average Bonchev–Trinajstić information content (AvgIpc) is 2.56. The third-order valence-corrected chi connectivity index (χ3v) is 1.86. The van der Waals surface area contributed by atoms with E-state index in [0.29, 0.717) is 25.7 Å². The molecular weight excluding hydrogens is 158 g/mol. The summed E-state index contributed by atoms with van der Waals surface area (Å²) in [4.78, 5) is 2.68. The van der Waals surface area contributed by atoms with Crippen LogP contribution >= 0.6 is 0 Å². The number of hydrogen-bond acceptors (Lipinski definition) is 3. The molecule has 1 atom stereocenters. The number of rotatable bonds is 4. The first-order valence-corrected chi connectivity index (χ1v) is 4.08. The van der Waals surface area contributed by atoms with Crippen LogP contribution in [0.5, 0.6) is 0 Å². The summed E-state index contributed by atoms with van der Waals surface area (Å²) in [6, 6.07) is 0. The second kappa shape index (κ2) is 4.98. The van der Waals surface area contributed by atoms with E-state index in [1.54, 1.807) is 0 Å². The van der Waals surface area contributed by atoms with Crippen molar-refractivity contribution in [3.05, 3.63) is 10.4 Å². The monoisotopic (exact) mass is 171 g/mol. The van der Waals surface area contributed by atoms with Gasteiger partial charge in [0.05, 0.1) is 13.2 Å². The van der Waals surface area contributed by atoms with Crippen molar-refractivity contribution in [2.24, 2.45) is 11.0 Å². The van der Waals surface area contributed by atoms with Crippen LogP contribution in [-0.4, -0.2) is 26.0 Å². The Labute approximate surface area is 71.3 Å². The summed E-state index contributed by atoms with van der Waals surface area (Å²) in [5.74, 6) is 0.304. The first-order chi connectivity index (χ1) is 5.84. The zero-order valence-corrected chi connectivity index (χ0v) is 7.14. The molecule has 0 bridgehead atoms. The molecule has 0 aromatic rings. The zero-order chi connectivity index (χ0) is 8.81. The highest BCUT2D eigenvalue weighted by Crippen LogP contribution is 2.17. The van der Waals surface area contributed by atoms with E-state index < -0.39 is 0 Å². The predicted molar refractivity (Wildman–Crippen MR) is 43.5 cm³/mol. The molecule has 1 unspecified atom stereocenters. The topological polar surface area (TPSA) is 67.2 Å². The van der Waals surface area contributed by atoms with E-state index in [1.807, 2.05) is 6.92 Å². The van der Waals surface area contributed by atoms with Gasteiger partial charge in [0.2, 0.25) is 0 Å². The van der Waals surface area contributed by atoms with Gasteiger partial charge >= 0.3 is 0 Å². The van der Waals surface area contributed by atoms with Gasteiger partial charge in [-0.05, 0) is 12.0 Å². The summed E-state index contributed by atoms with van der Waals surface area (Å²) in [7, 11) is 0. The standard InChI is InChI=1S/C7H13N3O2/c1-6(2-3-9-10-8)7-11-4-5-12-7/h6-7H,2-5H2,1H3. The summed E-state index contributed by atoms with van der Waals surface area (Å²) in [6.07, 6.45) is 0.716. The fraction of sp³-hybridized carbons (Fsp3) is 1.00. The fourth-order valence-electron chi connectivity index (χ4n) is 1.15. The maximum atomic E-state index is 8.04. The normalized spacial score (nSPS) is 20.4. The molecule has 1 aliphatic heterocycles. The minimum Gasteiger partial charge on any atom is -0.350 e. The Hall–Kier alpha value is -0.770. The molecule has 1 aliphatic rings. The Balaban J connectivity index is 2.17. The molecule has 0 N–H and O–H groups in total. The second-order valence-electron chi connectivity index (χ2n) is 2.83. The van der Waals surface area contributed by atoms with Crippen molar-refractivity contribution >= 4 is 0 Å². The van der Waals surface area contributed by atoms with Crippen LogP contribution in [0.1, 0.15) is 13.3 Å². The minimum atomic E-state index is -0.0982. The van der Waals surface area contributed by atoms with E-state index in [-0.39, 0.29) is 6.29 Å². The lowest BCUT2D eigenvalue weighted by Gasteiger charge is -2.16.